The fraction of sp³-hybridized carbons (Fsp3) is 0.238. The van der Waals surface area contributed by atoms with Crippen LogP contribution in [0, 0.1) is 6.92 Å². The van der Waals surface area contributed by atoms with Crippen LogP contribution in [-0.4, -0.2) is 28.3 Å². The summed E-state index contributed by atoms with van der Waals surface area (Å²) in [6, 6.07) is 5.73. The number of aromatic nitrogens is 2. The second-order valence-electron chi connectivity index (χ2n) is 7.62. The molecule has 2 amide bonds. The average molecular weight is 436 g/mol. The van der Waals surface area contributed by atoms with Crippen LogP contribution >= 0.6 is 0 Å². The van der Waals surface area contributed by atoms with Crippen molar-refractivity contribution in [2.75, 3.05) is 17.2 Å². The van der Waals surface area contributed by atoms with Crippen molar-refractivity contribution in [2.45, 2.75) is 26.4 Å². The van der Waals surface area contributed by atoms with Gasteiger partial charge in [0.25, 0.3) is 28.2 Å². The van der Waals surface area contributed by atoms with Gasteiger partial charge in [0.15, 0.2) is 5.82 Å². The number of aryl methyl sites for hydroxylation is 1. The number of H-pyrrole nitrogens is 1. The van der Waals surface area contributed by atoms with E-state index in [0.29, 0.717) is 19.5 Å². The summed E-state index contributed by atoms with van der Waals surface area (Å²) in [6.07, 6.45) is 0.691. The van der Waals surface area contributed by atoms with Gasteiger partial charge in [-0.1, -0.05) is 18.2 Å². The van der Waals surface area contributed by atoms with E-state index in [4.69, 9.17) is 11.5 Å². The number of fused-ring (bicyclic) bond motifs is 1. The van der Waals surface area contributed by atoms with E-state index in [1.165, 1.54) is 6.92 Å². The Labute approximate surface area is 180 Å². The van der Waals surface area contributed by atoms with Gasteiger partial charge in [0.2, 0.25) is 0 Å². The molecule has 0 saturated heterocycles. The van der Waals surface area contributed by atoms with Crippen molar-refractivity contribution in [1.29, 1.82) is 0 Å². The minimum absolute atomic E-state index is 0.000933. The molecule has 164 valence electrons. The molecule has 6 N–H and O–H groups in total. The van der Waals surface area contributed by atoms with E-state index >= 15 is 0 Å². The fourth-order valence-corrected chi connectivity index (χ4v) is 3.87. The SMILES string of the molecule is Cc1nc(C(=O)NCc2ccc3c(c2)CN(c2c(N)c(=O)c2=O)CC3)[nH]c(=O)c1C(N)=O. The van der Waals surface area contributed by atoms with Crippen LogP contribution in [0.5, 0.6) is 0 Å². The summed E-state index contributed by atoms with van der Waals surface area (Å²) in [5.41, 5.74) is 11.8. The predicted molar refractivity (Wildman–Crippen MR) is 116 cm³/mol. The van der Waals surface area contributed by atoms with Gasteiger partial charge in [-0.25, -0.2) is 4.98 Å². The highest BCUT2D eigenvalue weighted by atomic mass is 16.2. The first kappa shape index (κ1) is 21.0. The molecule has 0 aliphatic carbocycles. The zero-order valence-corrected chi connectivity index (χ0v) is 17.2. The summed E-state index contributed by atoms with van der Waals surface area (Å²) in [7, 11) is 0. The molecule has 2 heterocycles. The normalized spacial score (nSPS) is 13.1. The Hall–Kier alpha value is -4.28. The molecule has 0 bridgehead atoms. The molecule has 0 atom stereocenters. The van der Waals surface area contributed by atoms with E-state index in [2.05, 4.69) is 15.3 Å². The van der Waals surface area contributed by atoms with Gasteiger partial charge in [0.1, 0.15) is 16.9 Å². The number of carbonyl (C=O) groups excluding carboxylic acids is 2. The molecule has 1 aromatic heterocycles. The number of nitrogen functional groups attached to an aromatic ring is 1. The van der Waals surface area contributed by atoms with E-state index in [1.54, 1.807) is 4.90 Å². The topological polar surface area (TPSA) is 181 Å². The van der Waals surface area contributed by atoms with Gasteiger partial charge in [-0.2, -0.15) is 0 Å². The summed E-state index contributed by atoms with van der Waals surface area (Å²) < 4.78 is 0. The zero-order valence-electron chi connectivity index (χ0n) is 17.2. The van der Waals surface area contributed by atoms with Crippen molar-refractivity contribution in [2.24, 2.45) is 5.73 Å². The van der Waals surface area contributed by atoms with Crippen LogP contribution in [0.25, 0.3) is 0 Å². The van der Waals surface area contributed by atoms with Crippen LogP contribution in [0.3, 0.4) is 0 Å². The number of hydrogen-bond donors (Lipinski definition) is 4. The van der Waals surface area contributed by atoms with Gasteiger partial charge in [0, 0.05) is 19.6 Å². The highest BCUT2D eigenvalue weighted by molar-refractivity contribution is 5.95. The van der Waals surface area contributed by atoms with Crippen LogP contribution in [0.1, 0.15) is 43.4 Å². The number of anilines is 2. The molecule has 32 heavy (non-hydrogen) atoms. The number of nitrogens with one attached hydrogen (secondary N) is 2. The largest absolute Gasteiger partial charge is 0.394 e. The monoisotopic (exact) mass is 436 g/mol. The number of rotatable bonds is 5. The number of amides is 2. The fourth-order valence-electron chi connectivity index (χ4n) is 3.87. The van der Waals surface area contributed by atoms with Crippen LogP contribution < -0.4 is 38.1 Å². The second kappa shape index (κ2) is 7.76. The molecule has 11 nitrogen and oxygen atoms in total. The summed E-state index contributed by atoms with van der Waals surface area (Å²) in [5, 5.41) is 2.67. The summed E-state index contributed by atoms with van der Waals surface area (Å²) in [4.78, 5) is 67.0. The molecule has 0 spiro atoms. The minimum atomic E-state index is -0.920. The molecular formula is C21H20N6O5. The Morgan fingerprint density at radius 2 is 1.94 bits per heavy atom. The van der Waals surface area contributed by atoms with E-state index in [0.717, 1.165) is 16.7 Å². The quantitative estimate of drug-likeness (QED) is 0.362. The first-order chi connectivity index (χ1) is 15.2. The minimum Gasteiger partial charge on any atom is -0.394 e. The summed E-state index contributed by atoms with van der Waals surface area (Å²) in [5.74, 6) is -1.76. The molecule has 0 radical (unpaired) electrons. The second-order valence-corrected chi connectivity index (χ2v) is 7.62. The number of nitrogens with zero attached hydrogens (tertiary/aromatic N) is 2. The molecule has 11 heteroatoms. The first-order valence-electron chi connectivity index (χ1n) is 9.80. The molecule has 3 aromatic rings. The van der Waals surface area contributed by atoms with Crippen LogP contribution in [-0.2, 0) is 19.5 Å². The lowest BCUT2D eigenvalue weighted by atomic mass is 9.96. The number of benzene rings is 1. The number of aromatic amines is 1. The lowest BCUT2D eigenvalue weighted by Gasteiger charge is -2.32. The molecular weight excluding hydrogens is 416 g/mol. The van der Waals surface area contributed by atoms with Crippen molar-refractivity contribution in [3.05, 3.63) is 82.8 Å². The highest BCUT2D eigenvalue weighted by Gasteiger charge is 2.27. The van der Waals surface area contributed by atoms with Gasteiger partial charge >= 0.3 is 0 Å². The van der Waals surface area contributed by atoms with Crippen molar-refractivity contribution in [3.63, 3.8) is 0 Å². The maximum absolute atomic E-state index is 12.4. The van der Waals surface area contributed by atoms with Gasteiger partial charge in [-0.3, -0.25) is 24.0 Å². The van der Waals surface area contributed by atoms with Crippen LogP contribution in [0.2, 0.25) is 0 Å². The smallest absolute Gasteiger partial charge is 0.287 e. The third-order valence-corrected chi connectivity index (χ3v) is 5.54. The van der Waals surface area contributed by atoms with E-state index in [-0.39, 0.29) is 35.0 Å². The molecule has 1 aliphatic heterocycles. The lowest BCUT2D eigenvalue weighted by Crippen LogP contribution is -2.44. The Morgan fingerprint density at radius 3 is 2.59 bits per heavy atom. The number of primary amides is 1. The van der Waals surface area contributed by atoms with E-state index in [1.807, 2.05) is 18.2 Å². The standard InChI is InChI=1S/C21H20N6O5/c1-9-13(18(23)30)20(31)26-19(25-9)21(32)24-7-10-2-3-11-4-5-27(8-12(11)6-10)15-14(22)16(28)17(15)29/h2-3,6H,4-5,7-8,22H2,1H3,(H2,23,30)(H,24,32)(H,25,26,31). The third-order valence-electron chi connectivity index (χ3n) is 5.54. The highest BCUT2D eigenvalue weighted by Crippen LogP contribution is 2.26. The Bertz CT molecular complexity index is 1400. The molecule has 2 aromatic carbocycles. The van der Waals surface area contributed by atoms with E-state index < -0.39 is 28.2 Å². The summed E-state index contributed by atoms with van der Waals surface area (Å²) >= 11 is 0. The number of nitrogens with two attached hydrogens (primary N) is 2. The van der Waals surface area contributed by atoms with Gasteiger partial charge in [-0.15, -0.1) is 0 Å². The van der Waals surface area contributed by atoms with E-state index in [9.17, 15) is 24.0 Å². The van der Waals surface area contributed by atoms with Gasteiger partial charge in [0.05, 0.1) is 5.69 Å². The van der Waals surface area contributed by atoms with Crippen molar-refractivity contribution >= 4 is 23.2 Å². The number of carbonyl (C=O) groups is 2. The Morgan fingerprint density at radius 1 is 1.19 bits per heavy atom. The number of hydrogen-bond acceptors (Lipinski definition) is 8. The molecule has 1 aliphatic rings. The average Bonchev–Trinajstić information content (AvgIpc) is 2.76. The molecule has 0 unspecified atom stereocenters. The summed E-state index contributed by atoms with van der Waals surface area (Å²) in [6.45, 7) is 2.59. The van der Waals surface area contributed by atoms with Gasteiger partial charge in [-0.05, 0) is 30.0 Å². The van der Waals surface area contributed by atoms with Crippen molar-refractivity contribution < 1.29 is 9.59 Å². The third kappa shape index (κ3) is 3.53. The zero-order chi connectivity index (χ0) is 23.2. The van der Waals surface area contributed by atoms with Crippen molar-refractivity contribution in [3.8, 4) is 0 Å². The predicted octanol–water partition coefficient (Wildman–Crippen LogP) is -1.15. The molecule has 0 saturated carbocycles. The Balaban J connectivity index is 1.48. The molecule has 4 rings (SSSR count). The first-order valence-corrected chi connectivity index (χ1v) is 9.80. The van der Waals surface area contributed by atoms with Gasteiger partial charge < -0.3 is 26.7 Å². The maximum Gasteiger partial charge on any atom is 0.287 e. The lowest BCUT2D eigenvalue weighted by molar-refractivity contribution is 0.0936. The Kier molecular flexibility index (Phi) is 5.09. The van der Waals surface area contributed by atoms with Crippen LogP contribution in [0.4, 0.5) is 11.4 Å². The van der Waals surface area contributed by atoms with Crippen molar-refractivity contribution in [1.82, 2.24) is 15.3 Å². The maximum atomic E-state index is 12.4. The molecule has 0 fully saturated rings. The van der Waals surface area contributed by atoms with Crippen LogP contribution in [0.15, 0.2) is 32.6 Å².